The van der Waals surface area contributed by atoms with Crippen molar-refractivity contribution >= 4 is 0 Å². The molecule has 0 nitrogen and oxygen atoms in total. The minimum atomic E-state index is 0.675. The molecule has 0 spiro atoms. The topological polar surface area (TPSA) is 0 Å². The maximum atomic E-state index is 3.13. The molecule has 0 heteroatoms. The lowest BCUT2D eigenvalue weighted by atomic mass is 10.0. The molecular weight excluding hydrogens is 84.1 g/mol. The fourth-order valence-corrected chi connectivity index (χ4v) is 0.815. The Labute approximate surface area is 44.9 Å². The SMILES string of the molecule is C[C@@H]1C#CCCC1. The van der Waals surface area contributed by atoms with Gasteiger partial charge in [0.25, 0.3) is 0 Å². The first-order valence-electron chi connectivity index (χ1n) is 2.88. The van der Waals surface area contributed by atoms with Crippen molar-refractivity contribution in [3.63, 3.8) is 0 Å². The molecule has 0 aromatic rings. The zero-order chi connectivity index (χ0) is 5.11. The molecule has 1 rings (SSSR count). The lowest BCUT2D eigenvalue weighted by molar-refractivity contribution is 0.616. The third kappa shape index (κ3) is 1.23. The van der Waals surface area contributed by atoms with E-state index in [4.69, 9.17) is 0 Å². The molecule has 0 saturated carbocycles. The fourth-order valence-electron chi connectivity index (χ4n) is 0.815. The molecule has 0 bridgehead atoms. The van der Waals surface area contributed by atoms with E-state index < -0.39 is 0 Å². The van der Waals surface area contributed by atoms with E-state index in [9.17, 15) is 0 Å². The van der Waals surface area contributed by atoms with E-state index in [0.29, 0.717) is 5.92 Å². The molecular formula is C7H10. The molecule has 0 heterocycles. The van der Waals surface area contributed by atoms with E-state index in [1.165, 1.54) is 12.8 Å². The molecule has 0 radical (unpaired) electrons. The molecule has 0 aromatic heterocycles. The smallest absolute Gasteiger partial charge is 0.0174 e. The van der Waals surface area contributed by atoms with Crippen molar-refractivity contribution in [1.29, 1.82) is 0 Å². The van der Waals surface area contributed by atoms with Crippen LogP contribution in [0.1, 0.15) is 26.2 Å². The minimum absolute atomic E-state index is 0.675. The number of rotatable bonds is 0. The quantitative estimate of drug-likeness (QED) is 0.401. The van der Waals surface area contributed by atoms with E-state index in [-0.39, 0.29) is 0 Å². The van der Waals surface area contributed by atoms with Gasteiger partial charge in [0.1, 0.15) is 0 Å². The normalized spacial score (nSPS) is 28.4. The second-order valence-electron chi connectivity index (χ2n) is 2.11. The highest BCUT2D eigenvalue weighted by Gasteiger charge is 1.98. The zero-order valence-corrected chi connectivity index (χ0v) is 4.70. The van der Waals surface area contributed by atoms with Crippen molar-refractivity contribution in [1.82, 2.24) is 0 Å². The summed E-state index contributed by atoms with van der Waals surface area (Å²) in [4.78, 5) is 0. The van der Waals surface area contributed by atoms with Crippen molar-refractivity contribution < 1.29 is 0 Å². The molecule has 38 valence electrons. The zero-order valence-electron chi connectivity index (χ0n) is 4.70. The summed E-state index contributed by atoms with van der Waals surface area (Å²) >= 11 is 0. The lowest BCUT2D eigenvalue weighted by Gasteiger charge is -2.04. The third-order valence-electron chi connectivity index (χ3n) is 1.29. The van der Waals surface area contributed by atoms with E-state index in [1.54, 1.807) is 0 Å². The third-order valence-corrected chi connectivity index (χ3v) is 1.29. The van der Waals surface area contributed by atoms with Crippen LogP contribution < -0.4 is 0 Å². The van der Waals surface area contributed by atoms with Gasteiger partial charge in [0.15, 0.2) is 0 Å². The van der Waals surface area contributed by atoms with Crippen molar-refractivity contribution in [3.05, 3.63) is 0 Å². The van der Waals surface area contributed by atoms with Gasteiger partial charge in [-0.15, -0.1) is 11.8 Å². The van der Waals surface area contributed by atoms with Gasteiger partial charge in [-0.3, -0.25) is 0 Å². The fraction of sp³-hybridized carbons (Fsp3) is 0.714. The molecule has 0 aliphatic heterocycles. The average Bonchev–Trinajstić information content (AvgIpc) is 1.69. The van der Waals surface area contributed by atoms with Crippen molar-refractivity contribution in [2.45, 2.75) is 26.2 Å². The van der Waals surface area contributed by atoms with Gasteiger partial charge >= 0.3 is 0 Å². The lowest BCUT2D eigenvalue weighted by Crippen LogP contribution is -1.93. The summed E-state index contributed by atoms with van der Waals surface area (Å²) in [5, 5.41) is 0. The Balaban J connectivity index is 2.45. The average molecular weight is 94.2 g/mol. The molecule has 0 unspecified atom stereocenters. The van der Waals surface area contributed by atoms with Gasteiger partial charge < -0.3 is 0 Å². The molecule has 1 atom stereocenters. The molecule has 1 aliphatic carbocycles. The Morgan fingerprint density at radius 1 is 1.57 bits per heavy atom. The van der Waals surface area contributed by atoms with Crippen LogP contribution in [-0.2, 0) is 0 Å². The van der Waals surface area contributed by atoms with Gasteiger partial charge in [0.05, 0.1) is 0 Å². The number of hydrogen-bond acceptors (Lipinski definition) is 0. The summed E-state index contributed by atoms with van der Waals surface area (Å²) in [7, 11) is 0. The van der Waals surface area contributed by atoms with Crippen molar-refractivity contribution in [2.75, 3.05) is 0 Å². The van der Waals surface area contributed by atoms with Crippen LogP contribution in [0.5, 0.6) is 0 Å². The highest BCUT2D eigenvalue weighted by molar-refractivity contribution is 5.05. The van der Waals surface area contributed by atoms with Crippen LogP contribution in [0.25, 0.3) is 0 Å². The van der Waals surface area contributed by atoms with Gasteiger partial charge in [0.2, 0.25) is 0 Å². The summed E-state index contributed by atoms with van der Waals surface area (Å²) in [5.74, 6) is 6.89. The Bertz CT molecular complexity index is 103. The Morgan fingerprint density at radius 3 is 2.71 bits per heavy atom. The Hall–Kier alpha value is -0.440. The van der Waals surface area contributed by atoms with Crippen LogP contribution in [0.4, 0.5) is 0 Å². The van der Waals surface area contributed by atoms with Gasteiger partial charge in [-0.05, 0) is 12.8 Å². The van der Waals surface area contributed by atoms with Crippen LogP contribution >= 0.6 is 0 Å². The highest BCUT2D eigenvalue weighted by Crippen LogP contribution is 2.09. The standard InChI is InChI=1S/C7H10/c1-7-5-3-2-4-6-7/h7H,2-3,5H2,1H3/t7-/m0/s1. The minimum Gasteiger partial charge on any atom is -0.103 e. The predicted molar refractivity (Wildman–Crippen MR) is 30.8 cm³/mol. The first kappa shape index (κ1) is 4.71. The van der Waals surface area contributed by atoms with Crippen LogP contribution in [0, 0.1) is 17.8 Å². The van der Waals surface area contributed by atoms with E-state index in [1.807, 2.05) is 0 Å². The van der Waals surface area contributed by atoms with E-state index in [2.05, 4.69) is 18.8 Å². The second-order valence-corrected chi connectivity index (χ2v) is 2.11. The maximum absolute atomic E-state index is 3.13. The molecule has 0 aromatic carbocycles. The molecule has 0 fully saturated rings. The van der Waals surface area contributed by atoms with Crippen LogP contribution in [0.2, 0.25) is 0 Å². The first-order chi connectivity index (χ1) is 3.39. The molecule has 0 saturated heterocycles. The van der Waals surface area contributed by atoms with Gasteiger partial charge in [-0.25, -0.2) is 0 Å². The van der Waals surface area contributed by atoms with Gasteiger partial charge in [-0.2, -0.15) is 0 Å². The summed E-state index contributed by atoms with van der Waals surface area (Å²) in [5.41, 5.74) is 0. The summed E-state index contributed by atoms with van der Waals surface area (Å²) in [6.45, 7) is 2.19. The summed E-state index contributed by atoms with van der Waals surface area (Å²) < 4.78 is 0. The molecule has 0 N–H and O–H groups in total. The van der Waals surface area contributed by atoms with Crippen LogP contribution in [0.3, 0.4) is 0 Å². The summed E-state index contributed by atoms with van der Waals surface area (Å²) in [6.07, 6.45) is 3.76. The highest BCUT2D eigenvalue weighted by atomic mass is 14.0. The Morgan fingerprint density at radius 2 is 2.43 bits per heavy atom. The van der Waals surface area contributed by atoms with E-state index >= 15 is 0 Å². The molecule has 0 amide bonds. The summed E-state index contributed by atoms with van der Waals surface area (Å²) in [6, 6.07) is 0. The predicted octanol–water partition coefficient (Wildman–Crippen LogP) is 1.81. The Kier molecular flexibility index (Phi) is 1.36. The van der Waals surface area contributed by atoms with Crippen molar-refractivity contribution in [2.24, 2.45) is 5.92 Å². The van der Waals surface area contributed by atoms with Crippen LogP contribution in [-0.4, -0.2) is 0 Å². The molecule has 7 heavy (non-hydrogen) atoms. The monoisotopic (exact) mass is 94.1 g/mol. The molecule has 1 aliphatic rings. The first-order valence-corrected chi connectivity index (χ1v) is 2.88. The van der Waals surface area contributed by atoms with Crippen LogP contribution in [0.15, 0.2) is 0 Å². The van der Waals surface area contributed by atoms with E-state index in [0.717, 1.165) is 6.42 Å². The van der Waals surface area contributed by atoms with Crippen molar-refractivity contribution in [3.8, 4) is 11.8 Å². The maximum Gasteiger partial charge on any atom is 0.0174 e. The van der Waals surface area contributed by atoms with Gasteiger partial charge in [-0.1, -0.05) is 6.92 Å². The second kappa shape index (κ2) is 2.02. The van der Waals surface area contributed by atoms with Gasteiger partial charge in [0, 0.05) is 12.3 Å². The number of hydrogen-bond donors (Lipinski definition) is 0. The largest absolute Gasteiger partial charge is 0.103 e.